The van der Waals surface area contributed by atoms with Crippen LogP contribution in [0, 0.1) is 5.82 Å². The molecule has 0 aliphatic carbocycles. The average Bonchev–Trinajstić information content (AvgIpc) is 2.80. The second-order valence-electron chi connectivity index (χ2n) is 3.85. The second kappa shape index (κ2) is 4.93. The van der Waals surface area contributed by atoms with E-state index in [0.29, 0.717) is 11.3 Å². The molecule has 1 aromatic heterocycles. The molecule has 0 aliphatic heterocycles. The summed E-state index contributed by atoms with van der Waals surface area (Å²) in [5.41, 5.74) is 0.175. The molecule has 2 aromatic rings. The Hall–Kier alpha value is -2.63. The van der Waals surface area contributed by atoms with E-state index in [4.69, 9.17) is 14.6 Å². The first kappa shape index (κ1) is 12.8. The van der Waals surface area contributed by atoms with Crippen molar-refractivity contribution in [1.29, 1.82) is 0 Å². The van der Waals surface area contributed by atoms with Gasteiger partial charge in [0, 0.05) is 6.42 Å². The summed E-state index contributed by atoms with van der Waals surface area (Å²) in [6, 6.07) is 6.11. The minimum absolute atomic E-state index is 0.0786. The van der Waals surface area contributed by atoms with E-state index in [9.17, 15) is 14.0 Å². The molecular formula is C13H9FO5. The lowest BCUT2D eigenvalue weighted by molar-refractivity contribution is 0.0656. The van der Waals surface area contributed by atoms with E-state index in [2.05, 4.69) is 0 Å². The molecule has 0 spiro atoms. The number of hydrogen-bond donors (Lipinski definition) is 2. The van der Waals surface area contributed by atoms with Gasteiger partial charge < -0.3 is 14.6 Å². The van der Waals surface area contributed by atoms with Crippen molar-refractivity contribution >= 4 is 11.9 Å². The van der Waals surface area contributed by atoms with Crippen molar-refractivity contribution in [2.24, 2.45) is 0 Å². The predicted octanol–water partition coefficient (Wildman–Crippen LogP) is 2.41. The van der Waals surface area contributed by atoms with Gasteiger partial charge in [-0.2, -0.15) is 0 Å². The van der Waals surface area contributed by atoms with Crippen molar-refractivity contribution in [1.82, 2.24) is 0 Å². The quantitative estimate of drug-likeness (QED) is 0.885. The SMILES string of the molecule is O=C(O)c1ccc(Cc2ccc(F)cc2C(=O)O)o1. The minimum Gasteiger partial charge on any atom is -0.478 e. The maximum absolute atomic E-state index is 13.0. The standard InChI is InChI=1S/C13H9FO5/c14-8-2-1-7(10(6-8)12(15)16)5-9-3-4-11(19-9)13(17)18/h1-4,6H,5H2,(H,15,16)(H,17,18). The molecule has 0 amide bonds. The van der Waals surface area contributed by atoms with Gasteiger partial charge in [-0.25, -0.2) is 14.0 Å². The van der Waals surface area contributed by atoms with Crippen molar-refractivity contribution in [3.8, 4) is 0 Å². The molecule has 1 heterocycles. The highest BCUT2D eigenvalue weighted by Gasteiger charge is 2.14. The molecule has 0 radical (unpaired) electrons. The van der Waals surface area contributed by atoms with Crippen LogP contribution < -0.4 is 0 Å². The summed E-state index contributed by atoms with van der Waals surface area (Å²) in [7, 11) is 0. The predicted molar refractivity (Wildman–Crippen MR) is 61.8 cm³/mol. The third kappa shape index (κ3) is 2.79. The fourth-order valence-corrected chi connectivity index (χ4v) is 1.68. The lowest BCUT2D eigenvalue weighted by atomic mass is 10.0. The van der Waals surface area contributed by atoms with Crippen LogP contribution >= 0.6 is 0 Å². The maximum Gasteiger partial charge on any atom is 0.371 e. The zero-order valence-corrected chi connectivity index (χ0v) is 9.59. The molecule has 6 heteroatoms. The molecule has 0 atom stereocenters. The van der Waals surface area contributed by atoms with Crippen LogP contribution in [0.3, 0.4) is 0 Å². The van der Waals surface area contributed by atoms with Crippen molar-refractivity contribution in [3.05, 3.63) is 58.8 Å². The van der Waals surface area contributed by atoms with Crippen LogP contribution in [0.25, 0.3) is 0 Å². The van der Waals surface area contributed by atoms with Gasteiger partial charge >= 0.3 is 11.9 Å². The highest BCUT2D eigenvalue weighted by molar-refractivity contribution is 5.89. The van der Waals surface area contributed by atoms with Crippen molar-refractivity contribution in [2.45, 2.75) is 6.42 Å². The molecule has 5 nitrogen and oxygen atoms in total. The lowest BCUT2D eigenvalue weighted by Gasteiger charge is -2.04. The summed E-state index contributed by atoms with van der Waals surface area (Å²) in [5.74, 6) is -3.03. The number of furan rings is 1. The molecule has 0 saturated heterocycles. The number of benzene rings is 1. The molecule has 0 bridgehead atoms. The Balaban J connectivity index is 2.32. The average molecular weight is 264 g/mol. The van der Waals surface area contributed by atoms with Crippen LogP contribution in [0.5, 0.6) is 0 Å². The van der Waals surface area contributed by atoms with E-state index in [-0.39, 0.29) is 17.7 Å². The van der Waals surface area contributed by atoms with Gasteiger partial charge in [0.2, 0.25) is 5.76 Å². The summed E-state index contributed by atoms with van der Waals surface area (Å²) < 4.78 is 18.0. The van der Waals surface area contributed by atoms with Crippen molar-refractivity contribution in [2.75, 3.05) is 0 Å². The zero-order valence-electron chi connectivity index (χ0n) is 9.59. The number of halogens is 1. The van der Waals surface area contributed by atoms with E-state index < -0.39 is 17.8 Å². The molecule has 1 aromatic carbocycles. The summed E-state index contributed by atoms with van der Waals surface area (Å²) in [5, 5.41) is 17.7. The summed E-state index contributed by atoms with van der Waals surface area (Å²) >= 11 is 0. The van der Waals surface area contributed by atoms with Crippen LogP contribution in [-0.2, 0) is 6.42 Å². The van der Waals surface area contributed by atoms with Gasteiger partial charge in [0.05, 0.1) is 5.56 Å². The van der Waals surface area contributed by atoms with Gasteiger partial charge in [0.15, 0.2) is 0 Å². The Morgan fingerprint density at radius 2 is 1.84 bits per heavy atom. The fraction of sp³-hybridized carbons (Fsp3) is 0.0769. The molecule has 0 aliphatic rings. The van der Waals surface area contributed by atoms with Crippen LogP contribution in [0.1, 0.15) is 32.2 Å². The van der Waals surface area contributed by atoms with Crippen molar-refractivity contribution < 1.29 is 28.6 Å². The van der Waals surface area contributed by atoms with Crippen LogP contribution in [0.4, 0.5) is 4.39 Å². The van der Waals surface area contributed by atoms with E-state index in [1.807, 2.05) is 0 Å². The van der Waals surface area contributed by atoms with Crippen LogP contribution in [0.2, 0.25) is 0 Å². The highest BCUT2D eigenvalue weighted by atomic mass is 19.1. The number of carbonyl (C=O) groups is 2. The first-order valence-corrected chi connectivity index (χ1v) is 5.31. The summed E-state index contributed by atoms with van der Waals surface area (Å²) in [6.07, 6.45) is 0.0786. The Morgan fingerprint density at radius 1 is 1.11 bits per heavy atom. The number of rotatable bonds is 4. The number of carboxylic acids is 2. The van der Waals surface area contributed by atoms with Gasteiger partial charge in [-0.3, -0.25) is 0 Å². The molecule has 2 N–H and O–H groups in total. The zero-order chi connectivity index (χ0) is 14.0. The van der Waals surface area contributed by atoms with Crippen LogP contribution in [0.15, 0.2) is 34.7 Å². The first-order chi connectivity index (χ1) is 8.97. The molecule has 98 valence electrons. The van der Waals surface area contributed by atoms with E-state index >= 15 is 0 Å². The molecule has 0 unspecified atom stereocenters. The lowest BCUT2D eigenvalue weighted by Crippen LogP contribution is -2.03. The van der Waals surface area contributed by atoms with Crippen molar-refractivity contribution in [3.63, 3.8) is 0 Å². The third-order valence-corrected chi connectivity index (χ3v) is 2.54. The Bertz CT molecular complexity index is 644. The number of hydrogen-bond acceptors (Lipinski definition) is 3. The summed E-state index contributed by atoms with van der Waals surface area (Å²) in [4.78, 5) is 21.6. The molecule has 2 rings (SSSR count). The van der Waals surface area contributed by atoms with E-state index in [1.165, 1.54) is 18.2 Å². The van der Waals surface area contributed by atoms with Gasteiger partial charge in [0.25, 0.3) is 0 Å². The van der Waals surface area contributed by atoms with Gasteiger partial charge in [-0.1, -0.05) is 6.07 Å². The first-order valence-electron chi connectivity index (χ1n) is 5.31. The smallest absolute Gasteiger partial charge is 0.371 e. The monoisotopic (exact) mass is 264 g/mol. The fourth-order valence-electron chi connectivity index (χ4n) is 1.68. The van der Waals surface area contributed by atoms with E-state index in [1.54, 1.807) is 0 Å². The largest absolute Gasteiger partial charge is 0.478 e. The molecule has 0 fully saturated rings. The minimum atomic E-state index is -1.25. The molecule has 0 saturated carbocycles. The van der Waals surface area contributed by atoms with Gasteiger partial charge in [0.1, 0.15) is 11.6 Å². The number of carboxylic acid groups (broad SMARTS) is 2. The topological polar surface area (TPSA) is 87.7 Å². The normalized spacial score (nSPS) is 10.4. The molecule has 19 heavy (non-hydrogen) atoms. The Labute approximate surface area is 106 Å². The maximum atomic E-state index is 13.0. The highest BCUT2D eigenvalue weighted by Crippen LogP contribution is 2.18. The number of aromatic carboxylic acids is 2. The van der Waals surface area contributed by atoms with E-state index in [0.717, 1.165) is 12.1 Å². The molecular weight excluding hydrogens is 255 g/mol. The Morgan fingerprint density at radius 3 is 2.42 bits per heavy atom. The summed E-state index contributed by atoms with van der Waals surface area (Å²) in [6.45, 7) is 0. The second-order valence-corrected chi connectivity index (χ2v) is 3.85. The van der Waals surface area contributed by atoms with Gasteiger partial charge in [-0.15, -0.1) is 0 Å². The van der Waals surface area contributed by atoms with Gasteiger partial charge in [-0.05, 0) is 29.8 Å². The van der Waals surface area contributed by atoms with Crippen LogP contribution in [-0.4, -0.2) is 22.2 Å². The third-order valence-electron chi connectivity index (χ3n) is 2.54. The Kier molecular flexibility index (Phi) is 3.33.